The van der Waals surface area contributed by atoms with E-state index in [-0.39, 0.29) is 24.1 Å². The van der Waals surface area contributed by atoms with E-state index in [4.69, 9.17) is 10.5 Å². The molecule has 8 heteroatoms. The van der Waals surface area contributed by atoms with E-state index >= 15 is 0 Å². The van der Waals surface area contributed by atoms with Gasteiger partial charge in [-0.3, -0.25) is 9.69 Å². The summed E-state index contributed by atoms with van der Waals surface area (Å²) in [5.74, 6) is 0.404. The highest BCUT2D eigenvalue weighted by Crippen LogP contribution is 2.17. The van der Waals surface area contributed by atoms with Crippen LogP contribution < -0.4 is 10.6 Å². The normalized spacial score (nSPS) is 15.4. The van der Waals surface area contributed by atoms with E-state index in [1.807, 2.05) is 24.3 Å². The molecule has 1 atom stereocenters. The van der Waals surface area contributed by atoms with Crippen molar-refractivity contribution in [1.29, 1.82) is 0 Å². The molecule has 182 valence electrons. The second-order valence-electron chi connectivity index (χ2n) is 8.51. The molecule has 0 saturated carbocycles. The minimum atomic E-state index is -0.242. The van der Waals surface area contributed by atoms with Gasteiger partial charge in [0.25, 0.3) is 0 Å². The zero-order valence-corrected chi connectivity index (χ0v) is 19.8. The molecule has 35 heavy (non-hydrogen) atoms. The van der Waals surface area contributed by atoms with Gasteiger partial charge in [-0.15, -0.1) is 0 Å². The maximum Gasteiger partial charge on any atom is 0.187 e. The van der Waals surface area contributed by atoms with Gasteiger partial charge in [0.05, 0.1) is 25.0 Å². The highest BCUT2D eigenvalue weighted by atomic mass is 19.1. The van der Waals surface area contributed by atoms with Crippen LogP contribution in [-0.4, -0.2) is 66.6 Å². The highest BCUT2D eigenvalue weighted by molar-refractivity contribution is 5.96. The van der Waals surface area contributed by atoms with E-state index in [1.54, 1.807) is 37.7 Å². The van der Waals surface area contributed by atoms with Crippen LogP contribution in [0.3, 0.4) is 0 Å². The summed E-state index contributed by atoms with van der Waals surface area (Å²) in [5.41, 5.74) is 8.62. The van der Waals surface area contributed by atoms with E-state index < -0.39 is 0 Å². The number of para-hydroxylation sites is 1. The standard InChI is InChI=1S/C27H30FN5O2/c1-35-19-23(11-8-20-6-9-22(28)10-7-20)32-12-14-33(15-13-32)27-18-30-25(17-31-27)26(34)16-21-4-2-3-5-24(21)29/h2-11,17-18,23H,12-16,19,29H2,1H3/b11-8+. The third-order valence-electron chi connectivity index (χ3n) is 6.16. The molecule has 2 aromatic carbocycles. The van der Waals surface area contributed by atoms with Gasteiger partial charge >= 0.3 is 0 Å². The highest BCUT2D eigenvalue weighted by Gasteiger charge is 2.23. The maximum absolute atomic E-state index is 13.2. The van der Waals surface area contributed by atoms with Crippen molar-refractivity contribution in [3.05, 3.63) is 89.6 Å². The van der Waals surface area contributed by atoms with Crippen LogP contribution in [0.1, 0.15) is 21.6 Å². The lowest BCUT2D eigenvalue weighted by Crippen LogP contribution is -2.51. The fourth-order valence-corrected chi connectivity index (χ4v) is 4.12. The first-order valence-corrected chi connectivity index (χ1v) is 11.6. The Bertz CT molecular complexity index is 1140. The van der Waals surface area contributed by atoms with Crippen molar-refractivity contribution in [2.45, 2.75) is 12.5 Å². The number of nitrogens with two attached hydrogens (primary N) is 1. The number of anilines is 2. The summed E-state index contributed by atoms with van der Waals surface area (Å²) < 4.78 is 18.6. The molecule has 0 bridgehead atoms. The molecule has 1 unspecified atom stereocenters. The number of aromatic nitrogens is 2. The number of methoxy groups -OCH3 is 1. The lowest BCUT2D eigenvalue weighted by molar-refractivity contribution is 0.0988. The molecule has 0 amide bonds. The minimum Gasteiger partial charge on any atom is -0.398 e. The molecule has 1 saturated heterocycles. The van der Waals surface area contributed by atoms with Crippen LogP contribution in [0.2, 0.25) is 0 Å². The number of rotatable bonds is 9. The Labute approximate surface area is 205 Å². The zero-order chi connectivity index (χ0) is 24.6. The molecule has 1 aromatic heterocycles. The Morgan fingerprint density at radius 3 is 2.49 bits per heavy atom. The van der Waals surface area contributed by atoms with E-state index in [1.165, 1.54) is 12.1 Å². The summed E-state index contributed by atoms with van der Waals surface area (Å²) in [7, 11) is 1.69. The number of Topliss-reactive ketones (excluding diaryl/α,β-unsaturated/α-hetero) is 1. The predicted octanol–water partition coefficient (Wildman–Crippen LogP) is 3.47. The molecule has 0 aliphatic carbocycles. The first kappa shape index (κ1) is 24.5. The molecule has 1 fully saturated rings. The summed E-state index contributed by atoms with van der Waals surface area (Å²) in [6.07, 6.45) is 7.51. The average Bonchev–Trinajstić information content (AvgIpc) is 2.89. The van der Waals surface area contributed by atoms with Gasteiger partial charge in [-0.2, -0.15) is 0 Å². The fraction of sp³-hybridized carbons (Fsp3) is 0.296. The number of nitrogens with zero attached hydrogens (tertiary/aromatic N) is 4. The van der Waals surface area contributed by atoms with Crippen LogP contribution in [0.25, 0.3) is 6.08 Å². The van der Waals surface area contributed by atoms with Crippen LogP contribution in [0.4, 0.5) is 15.9 Å². The van der Waals surface area contributed by atoms with Gasteiger partial charge in [-0.25, -0.2) is 14.4 Å². The van der Waals surface area contributed by atoms with Crippen molar-refractivity contribution >= 4 is 23.4 Å². The molecule has 7 nitrogen and oxygen atoms in total. The van der Waals surface area contributed by atoms with E-state index in [0.29, 0.717) is 18.0 Å². The fourth-order valence-electron chi connectivity index (χ4n) is 4.12. The van der Waals surface area contributed by atoms with Gasteiger partial charge in [0.1, 0.15) is 17.3 Å². The third kappa shape index (κ3) is 6.49. The van der Waals surface area contributed by atoms with Crippen molar-refractivity contribution in [1.82, 2.24) is 14.9 Å². The molecule has 1 aliphatic heterocycles. The summed E-state index contributed by atoms with van der Waals surface area (Å²) in [4.78, 5) is 26.0. The van der Waals surface area contributed by atoms with Crippen molar-refractivity contribution < 1.29 is 13.9 Å². The first-order valence-electron chi connectivity index (χ1n) is 11.6. The Balaban J connectivity index is 1.33. The summed E-state index contributed by atoms with van der Waals surface area (Å²) in [6.45, 7) is 3.80. The summed E-state index contributed by atoms with van der Waals surface area (Å²) in [5, 5.41) is 0. The molecule has 4 rings (SSSR count). The molecular formula is C27H30FN5O2. The Morgan fingerprint density at radius 2 is 1.83 bits per heavy atom. The maximum atomic E-state index is 13.2. The van der Waals surface area contributed by atoms with Gasteiger partial charge in [-0.1, -0.05) is 42.5 Å². The van der Waals surface area contributed by atoms with Crippen LogP contribution in [-0.2, 0) is 11.2 Å². The van der Waals surface area contributed by atoms with Crippen LogP contribution >= 0.6 is 0 Å². The average molecular weight is 476 g/mol. The monoisotopic (exact) mass is 475 g/mol. The van der Waals surface area contributed by atoms with Crippen molar-refractivity contribution in [3.8, 4) is 0 Å². The van der Waals surface area contributed by atoms with Gasteiger partial charge < -0.3 is 15.4 Å². The lowest BCUT2D eigenvalue weighted by Gasteiger charge is -2.38. The van der Waals surface area contributed by atoms with Crippen LogP contribution in [0, 0.1) is 5.82 Å². The number of ether oxygens (including phenoxy) is 1. The number of hydrogen-bond acceptors (Lipinski definition) is 7. The van der Waals surface area contributed by atoms with E-state index in [2.05, 4.69) is 25.8 Å². The van der Waals surface area contributed by atoms with Crippen molar-refractivity contribution in [2.24, 2.45) is 0 Å². The second-order valence-corrected chi connectivity index (χ2v) is 8.51. The quantitative estimate of drug-likeness (QED) is 0.375. The number of carbonyl (C=O) groups is 1. The molecular weight excluding hydrogens is 445 g/mol. The van der Waals surface area contributed by atoms with E-state index in [0.717, 1.165) is 43.1 Å². The SMILES string of the molecule is COCC(/C=C/c1ccc(F)cc1)N1CCN(c2cnc(C(=O)Cc3ccccc3N)cn2)CC1. The Kier molecular flexibility index (Phi) is 8.18. The predicted molar refractivity (Wildman–Crippen MR) is 136 cm³/mol. The largest absolute Gasteiger partial charge is 0.398 e. The Hall–Kier alpha value is -3.62. The number of hydrogen-bond donors (Lipinski definition) is 1. The third-order valence-corrected chi connectivity index (χ3v) is 6.16. The minimum absolute atomic E-state index is 0.109. The number of carbonyl (C=O) groups excluding carboxylic acids is 1. The van der Waals surface area contributed by atoms with Gasteiger partial charge in [0.15, 0.2) is 5.78 Å². The van der Waals surface area contributed by atoms with Gasteiger partial charge in [0.2, 0.25) is 0 Å². The van der Waals surface area contributed by atoms with Gasteiger partial charge in [-0.05, 0) is 29.3 Å². The van der Waals surface area contributed by atoms with Crippen LogP contribution in [0.15, 0.2) is 67.0 Å². The lowest BCUT2D eigenvalue weighted by atomic mass is 10.1. The molecule has 2 N–H and O–H groups in total. The molecule has 0 radical (unpaired) electrons. The molecule has 2 heterocycles. The zero-order valence-electron chi connectivity index (χ0n) is 19.8. The summed E-state index contributed by atoms with van der Waals surface area (Å²) in [6, 6.07) is 13.9. The summed E-state index contributed by atoms with van der Waals surface area (Å²) >= 11 is 0. The number of ketones is 1. The number of halogens is 1. The van der Waals surface area contributed by atoms with Crippen molar-refractivity contribution in [3.63, 3.8) is 0 Å². The smallest absolute Gasteiger partial charge is 0.187 e. The topological polar surface area (TPSA) is 84.6 Å². The van der Waals surface area contributed by atoms with Crippen LogP contribution in [0.5, 0.6) is 0 Å². The van der Waals surface area contributed by atoms with Gasteiger partial charge in [0, 0.05) is 45.4 Å². The first-order chi connectivity index (χ1) is 17.0. The Morgan fingerprint density at radius 1 is 1.09 bits per heavy atom. The molecule has 1 aliphatic rings. The number of benzene rings is 2. The molecule has 3 aromatic rings. The van der Waals surface area contributed by atoms with Crippen molar-refractivity contribution in [2.75, 3.05) is 50.5 Å². The number of piperazine rings is 1. The number of nitrogen functional groups attached to an aromatic ring is 1. The second kappa shape index (κ2) is 11.7. The van der Waals surface area contributed by atoms with E-state index in [9.17, 15) is 9.18 Å². The molecule has 0 spiro atoms.